The first kappa shape index (κ1) is 13.4. The number of hydrogen-bond acceptors (Lipinski definition) is 2. The van der Waals surface area contributed by atoms with Crippen molar-refractivity contribution in [3.05, 3.63) is 0 Å². The van der Waals surface area contributed by atoms with Crippen molar-refractivity contribution in [1.29, 1.82) is 0 Å². The molecule has 3 fully saturated rings. The maximum absolute atomic E-state index is 12.4. The van der Waals surface area contributed by atoms with Gasteiger partial charge in [-0.3, -0.25) is 4.79 Å². The van der Waals surface area contributed by atoms with Gasteiger partial charge in [-0.25, -0.2) is 0 Å². The minimum Gasteiger partial charge on any atom is -0.338 e. The smallest absolute Gasteiger partial charge is 0.240 e. The highest BCUT2D eigenvalue weighted by Gasteiger charge is 2.39. The average Bonchev–Trinajstić information content (AvgIpc) is 3.16. The average molecular weight is 264 g/mol. The van der Waals surface area contributed by atoms with Crippen LogP contribution in [0.25, 0.3) is 0 Å². The summed E-state index contributed by atoms with van der Waals surface area (Å²) in [7, 11) is 0. The minimum absolute atomic E-state index is 0.140. The van der Waals surface area contributed by atoms with Crippen LogP contribution in [0.1, 0.15) is 64.7 Å². The molecule has 3 heteroatoms. The van der Waals surface area contributed by atoms with Gasteiger partial charge in [0.1, 0.15) is 0 Å². The van der Waals surface area contributed by atoms with Gasteiger partial charge >= 0.3 is 0 Å². The van der Waals surface area contributed by atoms with Crippen molar-refractivity contribution in [2.75, 3.05) is 6.54 Å². The van der Waals surface area contributed by atoms with E-state index < -0.39 is 0 Å². The Bertz CT molecular complexity index is 319. The Morgan fingerprint density at radius 1 is 1.11 bits per heavy atom. The van der Waals surface area contributed by atoms with Crippen LogP contribution < -0.4 is 5.32 Å². The molecular weight excluding hydrogens is 236 g/mol. The Balaban J connectivity index is 1.48. The van der Waals surface area contributed by atoms with Crippen molar-refractivity contribution in [2.45, 2.75) is 82.8 Å². The molecule has 3 aliphatic rings. The van der Waals surface area contributed by atoms with Crippen LogP contribution >= 0.6 is 0 Å². The van der Waals surface area contributed by atoms with Crippen molar-refractivity contribution in [3.63, 3.8) is 0 Å². The molecular formula is C16H28N2O. The van der Waals surface area contributed by atoms with E-state index in [0.29, 0.717) is 18.0 Å². The molecule has 1 heterocycles. The highest BCUT2D eigenvalue weighted by molar-refractivity contribution is 5.84. The number of amides is 1. The van der Waals surface area contributed by atoms with Gasteiger partial charge < -0.3 is 10.2 Å². The molecule has 2 saturated carbocycles. The maximum atomic E-state index is 12.4. The number of carbonyl (C=O) groups is 1. The second-order valence-corrected chi connectivity index (χ2v) is 6.78. The molecule has 1 unspecified atom stereocenters. The fourth-order valence-electron chi connectivity index (χ4n) is 3.91. The van der Waals surface area contributed by atoms with Crippen LogP contribution in [0, 0.1) is 5.92 Å². The normalized spacial score (nSPS) is 35.9. The molecule has 0 aromatic carbocycles. The summed E-state index contributed by atoms with van der Waals surface area (Å²) in [4.78, 5) is 14.6. The van der Waals surface area contributed by atoms with E-state index in [9.17, 15) is 4.79 Å². The summed E-state index contributed by atoms with van der Waals surface area (Å²) in [5.74, 6) is 1.32. The SMILES string of the molecule is CCCC1CCC(N2CCC(NC3CC3)C2=O)CC1. The zero-order valence-electron chi connectivity index (χ0n) is 12.2. The predicted molar refractivity (Wildman–Crippen MR) is 76.9 cm³/mol. The van der Waals surface area contributed by atoms with E-state index in [4.69, 9.17) is 0 Å². The zero-order chi connectivity index (χ0) is 13.2. The Morgan fingerprint density at radius 3 is 2.47 bits per heavy atom. The Labute approximate surface area is 117 Å². The number of hydrogen-bond donors (Lipinski definition) is 1. The quantitative estimate of drug-likeness (QED) is 0.828. The molecule has 3 rings (SSSR count). The van der Waals surface area contributed by atoms with Gasteiger partial charge in [-0.1, -0.05) is 19.8 Å². The topological polar surface area (TPSA) is 32.3 Å². The van der Waals surface area contributed by atoms with Crippen LogP contribution in [0.2, 0.25) is 0 Å². The van der Waals surface area contributed by atoms with Crippen molar-refractivity contribution >= 4 is 5.91 Å². The summed E-state index contributed by atoms with van der Waals surface area (Å²) >= 11 is 0. The van der Waals surface area contributed by atoms with Crippen LogP contribution in [-0.4, -0.2) is 35.5 Å². The number of likely N-dealkylation sites (tertiary alicyclic amines) is 1. The lowest BCUT2D eigenvalue weighted by Crippen LogP contribution is -2.44. The van der Waals surface area contributed by atoms with Gasteiger partial charge in [0, 0.05) is 18.6 Å². The summed E-state index contributed by atoms with van der Waals surface area (Å²) in [6, 6.07) is 1.33. The molecule has 108 valence electrons. The Hall–Kier alpha value is -0.570. The van der Waals surface area contributed by atoms with E-state index in [1.54, 1.807) is 0 Å². The van der Waals surface area contributed by atoms with Gasteiger partial charge in [0.2, 0.25) is 5.91 Å². The van der Waals surface area contributed by atoms with Crippen molar-refractivity contribution in [1.82, 2.24) is 10.2 Å². The molecule has 3 nitrogen and oxygen atoms in total. The summed E-state index contributed by atoms with van der Waals surface area (Å²) < 4.78 is 0. The molecule has 0 aromatic rings. The summed E-state index contributed by atoms with van der Waals surface area (Å²) in [5.41, 5.74) is 0. The first-order valence-electron chi connectivity index (χ1n) is 8.34. The molecule has 0 spiro atoms. The van der Waals surface area contributed by atoms with E-state index >= 15 is 0 Å². The molecule has 0 bridgehead atoms. The maximum Gasteiger partial charge on any atom is 0.240 e. The van der Waals surface area contributed by atoms with E-state index in [-0.39, 0.29) is 6.04 Å². The third-order valence-electron chi connectivity index (χ3n) is 5.21. The Morgan fingerprint density at radius 2 is 1.84 bits per heavy atom. The molecule has 1 atom stereocenters. The first-order chi connectivity index (χ1) is 9.28. The second-order valence-electron chi connectivity index (χ2n) is 6.78. The van der Waals surface area contributed by atoms with Crippen LogP contribution in [0.3, 0.4) is 0 Å². The first-order valence-corrected chi connectivity index (χ1v) is 8.34. The number of nitrogens with one attached hydrogen (secondary N) is 1. The van der Waals surface area contributed by atoms with E-state index in [1.807, 2.05) is 0 Å². The number of rotatable bonds is 5. The molecule has 0 aromatic heterocycles. The number of nitrogens with zero attached hydrogens (tertiary/aromatic N) is 1. The van der Waals surface area contributed by atoms with Gasteiger partial charge in [0.25, 0.3) is 0 Å². The van der Waals surface area contributed by atoms with E-state index in [0.717, 1.165) is 18.9 Å². The minimum atomic E-state index is 0.140. The van der Waals surface area contributed by atoms with Crippen molar-refractivity contribution in [3.8, 4) is 0 Å². The van der Waals surface area contributed by atoms with Crippen LogP contribution in [0.4, 0.5) is 0 Å². The summed E-state index contributed by atoms with van der Waals surface area (Å²) in [6.45, 7) is 3.27. The van der Waals surface area contributed by atoms with Crippen LogP contribution in [0.5, 0.6) is 0 Å². The Kier molecular flexibility index (Phi) is 4.11. The molecule has 19 heavy (non-hydrogen) atoms. The summed E-state index contributed by atoms with van der Waals surface area (Å²) in [5, 5.41) is 3.51. The molecule has 1 saturated heterocycles. The predicted octanol–water partition coefficient (Wildman–Crippen LogP) is 2.70. The highest BCUT2D eigenvalue weighted by atomic mass is 16.2. The van der Waals surface area contributed by atoms with Crippen molar-refractivity contribution in [2.24, 2.45) is 5.92 Å². The summed E-state index contributed by atoms with van der Waals surface area (Å²) in [6.07, 6.45) is 11.4. The fourth-order valence-corrected chi connectivity index (χ4v) is 3.91. The van der Waals surface area contributed by atoms with Crippen molar-refractivity contribution < 1.29 is 4.79 Å². The standard InChI is InChI=1S/C16H28N2O/c1-2-3-12-4-8-14(9-5-12)18-11-10-15(16(18)19)17-13-6-7-13/h12-15,17H,2-11H2,1H3. The zero-order valence-corrected chi connectivity index (χ0v) is 12.2. The van der Waals surface area contributed by atoms with E-state index in [2.05, 4.69) is 17.1 Å². The lowest BCUT2D eigenvalue weighted by atomic mass is 9.83. The molecule has 1 N–H and O–H groups in total. The molecule has 0 radical (unpaired) electrons. The van der Waals surface area contributed by atoms with Crippen LogP contribution in [-0.2, 0) is 4.79 Å². The third-order valence-corrected chi connectivity index (χ3v) is 5.21. The van der Waals surface area contributed by atoms with Gasteiger partial charge in [-0.15, -0.1) is 0 Å². The lowest BCUT2D eigenvalue weighted by Gasteiger charge is -2.34. The molecule has 1 aliphatic heterocycles. The number of carbonyl (C=O) groups excluding carboxylic acids is 1. The monoisotopic (exact) mass is 264 g/mol. The highest BCUT2D eigenvalue weighted by Crippen LogP contribution is 2.32. The third kappa shape index (κ3) is 3.13. The molecule has 1 amide bonds. The lowest BCUT2D eigenvalue weighted by molar-refractivity contribution is -0.132. The fraction of sp³-hybridized carbons (Fsp3) is 0.938. The van der Waals surface area contributed by atoms with Gasteiger partial charge in [0.05, 0.1) is 6.04 Å². The second kappa shape index (κ2) is 5.82. The van der Waals surface area contributed by atoms with Gasteiger partial charge in [-0.2, -0.15) is 0 Å². The molecule has 2 aliphatic carbocycles. The van der Waals surface area contributed by atoms with E-state index in [1.165, 1.54) is 51.4 Å². The van der Waals surface area contributed by atoms with Gasteiger partial charge in [-0.05, 0) is 50.9 Å². The largest absolute Gasteiger partial charge is 0.338 e. The van der Waals surface area contributed by atoms with Crippen LogP contribution in [0.15, 0.2) is 0 Å². The van der Waals surface area contributed by atoms with Gasteiger partial charge in [0.15, 0.2) is 0 Å².